The number of benzene rings is 1. The Morgan fingerprint density at radius 1 is 1.12 bits per heavy atom. The monoisotopic (exact) mass is 330 g/mol. The molecular weight excluding hydrogens is 323 g/mol. The maximum atomic E-state index is 6.11. The Labute approximate surface area is 118 Å². The molecule has 2 aromatic rings. The zero-order valence-electron chi connectivity index (χ0n) is 8.70. The van der Waals surface area contributed by atoms with Gasteiger partial charge < -0.3 is 5.73 Å². The minimum Gasteiger partial charge on any atom is -0.319 e. The Morgan fingerprint density at radius 2 is 1.88 bits per heavy atom. The summed E-state index contributed by atoms with van der Waals surface area (Å²) in [6.45, 7) is 0. The van der Waals surface area contributed by atoms with Gasteiger partial charge in [-0.05, 0) is 45.8 Å². The van der Waals surface area contributed by atoms with E-state index < -0.39 is 0 Å². The molecule has 0 bridgehead atoms. The largest absolute Gasteiger partial charge is 0.319 e. The average molecular weight is 332 g/mol. The number of aromatic nitrogens is 1. The van der Waals surface area contributed by atoms with E-state index in [1.165, 1.54) is 0 Å². The van der Waals surface area contributed by atoms with Crippen LogP contribution in [0.1, 0.15) is 17.3 Å². The highest BCUT2D eigenvalue weighted by Gasteiger charge is 2.11. The molecule has 0 unspecified atom stereocenters. The molecule has 0 aliphatic heterocycles. The van der Waals surface area contributed by atoms with Crippen LogP contribution in [-0.4, -0.2) is 4.98 Å². The fourth-order valence-corrected chi connectivity index (χ4v) is 1.99. The summed E-state index contributed by atoms with van der Waals surface area (Å²) in [4.78, 5) is 4.26. The van der Waals surface area contributed by atoms with Gasteiger partial charge in [0, 0.05) is 10.7 Å². The van der Waals surface area contributed by atoms with Crippen LogP contribution in [-0.2, 0) is 0 Å². The van der Waals surface area contributed by atoms with E-state index in [-0.39, 0.29) is 6.04 Å². The second kappa shape index (κ2) is 5.36. The molecule has 0 spiro atoms. The smallest absolute Gasteiger partial charge is 0.0726 e. The first-order chi connectivity index (χ1) is 8.08. The number of nitrogens with two attached hydrogens (primary N) is 1. The van der Waals surface area contributed by atoms with Gasteiger partial charge in [-0.25, -0.2) is 0 Å². The summed E-state index contributed by atoms with van der Waals surface area (Å²) in [5.74, 6) is 0. The number of nitrogens with zero attached hydrogens (tertiary/aromatic N) is 1. The third-order valence-corrected chi connectivity index (χ3v) is 3.58. The number of halogens is 3. The summed E-state index contributed by atoms with van der Waals surface area (Å²) in [6, 6.07) is 8.81. The van der Waals surface area contributed by atoms with E-state index in [2.05, 4.69) is 20.9 Å². The average Bonchev–Trinajstić information content (AvgIpc) is 2.33. The Balaban J connectivity index is 2.33. The highest BCUT2D eigenvalue weighted by Crippen LogP contribution is 2.27. The molecule has 17 heavy (non-hydrogen) atoms. The molecule has 0 fully saturated rings. The second-order valence-electron chi connectivity index (χ2n) is 3.55. The lowest BCUT2D eigenvalue weighted by atomic mass is 10.0. The highest BCUT2D eigenvalue weighted by molar-refractivity contribution is 9.10. The van der Waals surface area contributed by atoms with Crippen molar-refractivity contribution in [2.24, 2.45) is 5.73 Å². The maximum absolute atomic E-state index is 6.11. The summed E-state index contributed by atoms with van der Waals surface area (Å²) in [5, 5.41) is 1.02. The molecular formula is C12H9BrCl2N2. The van der Waals surface area contributed by atoms with Gasteiger partial charge in [-0.15, -0.1) is 0 Å². The Kier molecular flexibility index (Phi) is 4.05. The Hall–Kier alpha value is -0.610. The van der Waals surface area contributed by atoms with E-state index in [0.717, 1.165) is 15.7 Å². The normalized spacial score (nSPS) is 12.5. The second-order valence-corrected chi connectivity index (χ2v) is 5.28. The summed E-state index contributed by atoms with van der Waals surface area (Å²) < 4.78 is 0.919. The number of rotatable bonds is 2. The Morgan fingerprint density at radius 3 is 2.47 bits per heavy atom. The minimum atomic E-state index is -0.308. The molecule has 0 aliphatic carbocycles. The molecule has 1 atom stereocenters. The molecule has 1 aromatic heterocycles. The van der Waals surface area contributed by atoms with Crippen molar-refractivity contribution in [3.05, 3.63) is 62.3 Å². The van der Waals surface area contributed by atoms with Crippen molar-refractivity contribution in [1.29, 1.82) is 0 Å². The molecule has 1 aromatic carbocycles. The summed E-state index contributed by atoms with van der Waals surface area (Å²) in [6.07, 6.45) is 1.71. The first kappa shape index (κ1) is 12.8. The van der Waals surface area contributed by atoms with Crippen LogP contribution in [0.25, 0.3) is 0 Å². The van der Waals surface area contributed by atoms with E-state index in [0.29, 0.717) is 10.0 Å². The van der Waals surface area contributed by atoms with E-state index in [4.69, 9.17) is 28.9 Å². The van der Waals surface area contributed by atoms with Crippen molar-refractivity contribution in [2.45, 2.75) is 6.04 Å². The van der Waals surface area contributed by atoms with Gasteiger partial charge in [0.25, 0.3) is 0 Å². The van der Waals surface area contributed by atoms with Crippen LogP contribution in [0.15, 0.2) is 41.0 Å². The van der Waals surface area contributed by atoms with Crippen LogP contribution in [0.3, 0.4) is 0 Å². The molecule has 0 aliphatic rings. The van der Waals surface area contributed by atoms with Crippen molar-refractivity contribution in [2.75, 3.05) is 0 Å². The van der Waals surface area contributed by atoms with Crippen molar-refractivity contribution < 1.29 is 0 Å². The Bertz CT molecular complexity index is 529. The molecule has 2 nitrogen and oxygen atoms in total. The summed E-state index contributed by atoms with van der Waals surface area (Å²) >= 11 is 15.1. The minimum absolute atomic E-state index is 0.308. The van der Waals surface area contributed by atoms with E-state index in [1.54, 1.807) is 18.3 Å². The van der Waals surface area contributed by atoms with Gasteiger partial charge in [-0.3, -0.25) is 4.98 Å². The van der Waals surface area contributed by atoms with E-state index in [1.807, 2.05) is 18.2 Å². The topological polar surface area (TPSA) is 38.9 Å². The molecule has 0 radical (unpaired) electrons. The molecule has 2 rings (SSSR count). The quantitative estimate of drug-likeness (QED) is 0.895. The van der Waals surface area contributed by atoms with Gasteiger partial charge in [-0.1, -0.05) is 29.3 Å². The first-order valence-corrected chi connectivity index (χ1v) is 6.45. The van der Waals surface area contributed by atoms with E-state index >= 15 is 0 Å². The van der Waals surface area contributed by atoms with Gasteiger partial charge in [0.1, 0.15) is 0 Å². The van der Waals surface area contributed by atoms with Crippen LogP contribution < -0.4 is 5.73 Å². The zero-order valence-corrected chi connectivity index (χ0v) is 11.8. The van der Waals surface area contributed by atoms with Crippen LogP contribution >= 0.6 is 39.1 Å². The van der Waals surface area contributed by atoms with Crippen LogP contribution in [0.2, 0.25) is 10.0 Å². The molecule has 2 N–H and O–H groups in total. The molecule has 5 heteroatoms. The maximum Gasteiger partial charge on any atom is 0.0726 e. The molecule has 88 valence electrons. The van der Waals surface area contributed by atoms with Crippen molar-refractivity contribution >= 4 is 39.1 Å². The molecule has 0 saturated heterocycles. The number of hydrogen-bond donors (Lipinski definition) is 1. The third kappa shape index (κ3) is 2.99. The van der Waals surface area contributed by atoms with Gasteiger partial charge in [-0.2, -0.15) is 0 Å². The number of pyridine rings is 1. The van der Waals surface area contributed by atoms with E-state index in [9.17, 15) is 0 Å². The van der Waals surface area contributed by atoms with Gasteiger partial charge in [0.2, 0.25) is 0 Å². The predicted octanol–water partition coefficient (Wildman–Crippen LogP) is 4.20. The van der Waals surface area contributed by atoms with Crippen LogP contribution in [0, 0.1) is 0 Å². The van der Waals surface area contributed by atoms with Crippen molar-refractivity contribution in [3.63, 3.8) is 0 Å². The highest BCUT2D eigenvalue weighted by atomic mass is 79.9. The van der Waals surface area contributed by atoms with Gasteiger partial charge in [0.15, 0.2) is 0 Å². The van der Waals surface area contributed by atoms with Gasteiger partial charge in [0.05, 0.1) is 21.8 Å². The third-order valence-electron chi connectivity index (χ3n) is 2.37. The fraction of sp³-hybridized carbons (Fsp3) is 0.0833. The molecule has 1 heterocycles. The predicted molar refractivity (Wildman–Crippen MR) is 74.4 cm³/mol. The fourth-order valence-electron chi connectivity index (χ4n) is 1.45. The summed E-state index contributed by atoms with van der Waals surface area (Å²) in [7, 11) is 0. The SMILES string of the molecule is N[C@H](c1ccc(Cl)c(Cl)c1)c1ccc(Br)cn1. The molecule has 0 amide bonds. The molecule has 0 saturated carbocycles. The first-order valence-electron chi connectivity index (χ1n) is 4.90. The van der Waals surface area contributed by atoms with Crippen LogP contribution in [0.4, 0.5) is 0 Å². The lowest BCUT2D eigenvalue weighted by molar-refractivity contribution is 0.828. The standard InChI is InChI=1S/C12H9BrCl2N2/c13-8-2-4-11(17-6-8)12(16)7-1-3-9(14)10(15)5-7/h1-6,12H,16H2/t12-/m1/s1. The lowest BCUT2D eigenvalue weighted by Crippen LogP contribution is -2.13. The zero-order chi connectivity index (χ0) is 12.4. The van der Waals surface area contributed by atoms with Crippen molar-refractivity contribution in [3.8, 4) is 0 Å². The van der Waals surface area contributed by atoms with Gasteiger partial charge >= 0.3 is 0 Å². The summed E-state index contributed by atoms with van der Waals surface area (Å²) in [5.41, 5.74) is 7.77. The lowest BCUT2D eigenvalue weighted by Gasteiger charge is -2.12. The van der Waals surface area contributed by atoms with Crippen molar-refractivity contribution in [1.82, 2.24) is 4.98 Å². The number of hydrogen-bond acceptors (Lipinski definition) is 2. The van der Waals surface area contributed by atoms with Crippen LogP contribution in [0.5, 0.6) is 0 Å².